The standard InChI is InChI=1S/C15H24N2.ClH/c1-12-4-3-5-14(8-12)11-17-7-6-13(2)9-15(17)10-16;/h3-5,8,13,15H,6-7,9-11,16H2,1-2H3;1H. The predicted octanol–water partition coefficient (Wildman–Crippen LogP) is 2.98. The molecule has 1 fully saturated rings. The van der Waals surface area contributed by atoms with E-state index >= 15 is 0 Å². The largest absolute Gasteiger partial charge is 0.329 e. The summed E-state index contributed by atoms with van der Waals surface area (Å²) in [7, 11) is 0. The van der Waals surface area contributed by atoms with Crippen molar-refractivity contribution in [2.45, 2.75) is 39.3 Å². The molecule has 1 aromatic rings. The summed E-state index contributed by atoms with van der Waals surface area (Å²) in [6.07, 6.45) is 2.56. The van der Waals surface area contributed by atoms with E-state index < -0.39 is 0 Å². The van der Waals surface area contributed by atoms with Crippen LogP contribution in [0.15, 0.2) is 24.3 Å². The molecule has 102 valence electrons. The van der Waals surface area contributed by atoms with E-state index in [0.29, 0.717) is 6.04 Å². The fourth-order valence-corrected chi connectivity index (χ4v) is 2.80. The molecule has 1 aromatic carbocycles. The van der Waals surface area contributed by atoms with Gasteiger partial charge >= 0.3 is 0 Å². The highest BCUT2D eigenvalue weighted by atomic mass is 35.5. The first-order chi connectivity index (χ1) is 8.19. The molecule has 2 nitrogen and oxygen atoms in total. The maximum Gasteiger partial charge on any atom is 0.0237 e. The van der Waals surface area contributed by atoms with Gasteiger partial charge in [0.15, 0.2) is 0 Å². The lowest BCUT2D eigenvalue weighted by molar-refractivity contribution is 0.115. The van der Waals surface area contributed by atoms with E-state index in [4.69, 9.17) is 5.73 Å². The fraction of sp³-hybridized carbons (Fsp3) is 0.600. The second kappa shape index (κ2) is 7.13. The van der Waals surface area contributed by atoms with Crippen molar-refractivity contribution in [2.24, 2.45) is 11.7 Å². The summed E-state index contributed by atoms with van der Waals surface area (Å²) in [4.78, 5) is 2.55. The maximum absolute atomic E-state index is 5.90. The van der Waals surface area contributed by atoms with Crippen LogP contribution >= 0.6 is 12.4 Å². The number of likely N-dealkylation sites (tertiary alicyclic amines) is 1. The van der Waals surface area contributed by atoms with Crippen LogP contribution < -0.4 is 5.73 Å². The van der Waals surface area contributed by atoms with Crippen LogP contribution in [0.2, 0.25) is 0 Å². The zero-order valence-electron chi connectivity index (χ0n) is 11.4. The van der Waals surface area contributed by atoms with Crippen molar-refractivity contribution in [2.75, 3.05) is 13.1 Å². The predicted molar refractivity (Wildman–Crippen MR) is 80.1 cm³/mol. The Balaban J connectivity index is 0.00000162. The molecule has 1 aliphatic rings. The molecule has 0 aromatic heterocycles. The molecule has 0 radical (unpaired) electrons. The van der Waals surface area contributed by atoms with Crippen LogP contribution in [0.5, 0.6) is 0 Å². The lowest BCUT2D eigenvalue weighted by Gasteiger charge is -2.38. The Morgan fingerprint density at radius 1 is 1.39 bits per heavy atom. The van der Waals surface area contributed by atoms with Gasteiger partial charge in [0, 0.05) is 19.1 Å². The average Bonchev–Trinajstić information content (AvgIpc) is 2.31. The topological polar surface area (TPSA) is 29.3 Å². The van der Waals surface area contributed by atoms with E-state index in [2.05, 4.69) is 43.0 Å². The highest BCUT2D eigenvalue weighted by Gasteiger charge is 2.24. The van der Waals surface area contributed by atoms with Gasteiger partial charge in [0.05, 0.1) is 0 Å². The number of nitrogens with zero attached hydrogens (tertiary/aromatic N) is 1. The molecule has 1 aliphatic heterocycles. The zero-order chi connectivity index (χ0) is 12.3. The highest BCUT2D eigenvalue weighted by molar-refractivity contribution is 5.85. The minimum atomic E-state index is 0. The van der Waals surface area contributed by atoms with Crippen molar-refractivity contribution < 1.29 is 0 Å². The average molecular weight is 269 g/mol. The van der Waals surface area contributed by atoms with Crippen LogP contribution in [0.25, 0.3) is 0 Å². The number of benzene rings is 1. The molecule has 0 saturated carbocycles. The normalized spacial score (nSPS) is 24.6. The van der Waals surface area contributed by atoms with Crippen molar-refractivity contribution in [3.05, 3.63) is 35.4 Å². The molecule has 0 aliphatic carbocycles. The van der Waals surface area contributed by atoms with E-state index in [-0.39, 0.29) is 12.4 Å². The van der Waals surface area contributed by atoms with Gasteiger partial charge in [-0.1, -0.05) is 36.8 Å². The SMILES string of the molecule is Cc1cccc(CN2CCC(C)CC2CN)c1.Cl. The number of hydrogen-bond donors (Lipinski definition) is 1. The van der Waals surface area contributed by atoms with Crippen LogP contribution in [0, 0.1) is 12.8 Å². The van der Waals surface area contributed by atoms with Gasteiger partial charge in [0.2, 0.25) is 0 Å². The summed E-state index contributed by atoms with van der Waals surface area (Å²) >= 11 is 0. The molecule has 0 spiro atoms. The Hall–Kier alpha value is -0.570. The number of nitrogens with two attached hydrogens (primary N) is 1. The molecule has 1 heterocycles. The van der Waals surface area contributed by atoms with Gasteiger partial charge in [-0.3, -0.25) is 4.90 Å². The van der Waals surface area contributed by atoms with Crippen molar-refractivity contribution in [3.8, 4) is 0 Å². The summed E-state index contributed by atoms with van der Waals surface area (Å²) in [6.45, 7) is 7.53. The highest BCUT2D eigenvalue weighted by Crippen LogP contribution is 2.23. The summed E-state index contributed by atoms with van der Waals surface area (Å²) < 4.78 is 0. The first-order valence-electron chi connectivity index (χ1n) is 6.68. The lowest BCUT2D eigenvalue weighted by atomic mass is 9.92. The first-order valence-corrected chi connectivity index (χ1v) is 6.68. The summed E-state index contributed by atoms with van der Waals surface area (Å²) in [6, 6.07) is 9.38. The van der Waals surface area contributed by atoms with Crippen molar-refractivity contribution >= 4 is 12.4 Å². The van der Waals surface area contributed by atoms with Crippen LogP contribution in [-0.4, -0.2) is 24.0 Å². The molecular formula is C15H25ClN2. The third-order valence-electron chi connectivity index (χ3n) is 3.84. The van der Waals surface area contributed by atoms with Crippen LogP contribution in [0.3, 0.4) is 0 Å². The monoisotopic (exact) mass is 268 g/mol. The summed E-state index contributed by atoms with van der Waals surface area (Å²) in [5.74, 6) is 0.831. The van der Waals surface area contributed by atoms with Gasteiger partial charge in [0.25, 0.3) is 0 Å². The Kier molecular flexibility index (Phi) is 6.13. The van der Waals surface area contributed by atoms with E-state index in [1.54, 1.807) is 0 Å². The number of aryl methyl sites for hydroxylation is 1. The molecular weight excluding hydrogens is 244 g/mol. The summed E-state index contributed by atoms with van der Waals surface area (Å²) in [5, 5.41) is 0. The minimum Gasteiger partial charge on any atom is -0.329 e. The smallest absolute Gasteiger partial charge is 0.0237 e. The van der Waals surface area contributed by atoms with Gasteiger partial charge < -0.3 is 5.73 Å². The van der Waals surface area contributed by atoms with Gasteiger partial charge in [-0.05, 0) is 37.8 Å². The fourth-order valence-electron chi connectivity index (χ4n) is 2.80. The number of piperidine rings is 1. The van der Waals surface area contributed by atoms with Gasteiger partial charge in [-0.15, -0.1) is 12.4 Å². The molecule has 2 rings (SSSR count). The van der Waals surface area contributed by atoms with Gasteiger partial charge in [-0.25, -0.2) is 0 Å². The van der Waals surface area contributed by atoms with Crippen molar-refractivity contribution in [1.29, 1.82) is 0 Å². The third-order valence-corrected chi connectivity index (χ3v) is 3.84. The van der Waals surface area contributed by atoms with Gasteiger partial charge in [0.1, 0.15) is 0 Å². The number of halogens is 1. The van der Waals surface area contributed by atoms with E-state index in [9.17, 15) is 0 Å². The van der Waals surface area contributed by atoms with Crippen molar-refractivity contribution in [3.63, 3.8) is 0 Å². The molecule has 0 amide bonds. The lowest BCUT2D eigenvalue weighted by Crippen LogP contribution is -2.45. The Labute approximate surface area is 117 Å². The van der Waals surface area contributed by atoms with E-state index in [1.807, 2.05) is 0 Å². The molecule has 0 bridgehead atoms. The van der Waals surface area contributed by atoms with Crippen LogP contribution in [-0.2, 0) is 6.54 Å². The van der Waals surface area contributed by atoms with Crippen molar-refractivity contribution in [1.82, 2.24) is 4.90 Å². The maximum atomic E-state index is 5.90. The molecule has 1 saturated heterocycles. The Morgan fingerprint density at radius 2 is 2.17 bits per heavy atom. The molecule has 3 heteroatoms. The Bertz CT molecular complexity index is 367. The minimum absolute atomic E-state index is 0. The Morgan fingerprint density at radius 3 is 2.83 bits per heavy atom. The second-order valence-corrected chi connectivity index (χ2v) is 5.48. The van der Waals surface area contributed by atoms with Crippen LogP contribution in [0.4, 0.5) is 0 Å². The molecule has 18 heavy (non-hydrogen) atoms. The molecule has 2 atom stereocenters. The zero-order valence-corrected chi connectivity index (χ0v) is 12.2. The summed E-state index contributed by atoms with van der Waals surface area (Å²) in [5.41, 5.74) is 8.66. The third kappa shape index (κ3) is 3.98. The van der Waals surface area contributed by atoms with Crippen LogP contribution in [0.1, 0.15) is 30.9 Å². The number of rotatable bonds is 3. The van der Waals surface area contributed by atoms with Gasteiger partial charge in [-0.2, -0.15) is 0 Å². The number of hydrogen-bond acceptors (Lipinski definition) is 2. The first kappa shape index (κ1) is 15.5. The molecule has 2 N–H and O–H groups in total. The molecule has 2 unspecified atom stereocenters. The van der Waals surface area contributed by atoms with E-state index in [0.717, 1.165) is 19.0 Å². The van der Waals surface area contributed by atoms with E-state index in [1.165, 1.54) is 30.5 Å². The quantitative estimate of drug-likeness (QED) is 0.913. The second-order valence-electron chi connectivity index (χ2n) is 5.48.